The Morgan fingerprint density at radius 2 is 1.92 bits per heavy atom. The minimum absolute atomic E-state index is 0.0610. The molecule has 2 fully saturated rings. The molecule has 4 atom stereocenters. The molecule has 6 nitrogen and oxygen atoms in total. The minimum Gasteiger partial charge on any atom is -0.390 e. The number of amides is 2. The molecule has 0 radical (unpaired) electrons. The van der Waals surface area contributed by atoms with Gasteiger partial charge in [-0.25, -0.2) is 0 Å². The molecule has 1 aromatic rings. The number of aliphatic hydroxyl groups excluding tert-OH is 2. The van der Waals surface area contributed by atoms with Crippen LogP contribution >= 0.6 is 23.2 Å². The Hall–Kier alpha value is -1.34. The van der Waals surface area contributed by atoms with Crippen LogP contribution in [0.25, 0.3) is 0 Å². The van der Waals surface area contributed by atoms with Crippen molar-refractivity contribution in [3.63, 3.8) is 0 Å². The van der Waals surface area contributed by atoms with Crippen LogP contribution in [-0.4, -0.2) is 52.2 Å². The molecule has 3 aliphatic rings. The van der Waals surface area contributed by atoms with Crippen LogP contribution < -0.4 is 5.32 Å². The molecule has 0 aromatic heterocycles. The van der Waals surface area contributed by atoms with Crippen molar-refractivity contribution in [2.75, 3.05) is 18.4 Å². The molecule has 4 rings (SSSR count). The molecule has 140 valence electrons. The molecule has 3 N–H and O–H groups in total. The van der Waals surface area contributed by atoms with E-state index in [9.17, 15) is 19.8 Å². The van der Waals surface area contributed by atoms with E-state index in [1.165, 1.54) is 0 Å². The lowest BCUT2D eigenvalue weighted by Gasteiger charge is -2.32. The van der Waals surface area contributed by atoms with E-state index >= 15 is 0 Å². The summed E-state index contributed by atoms with van der Waals surface area (Å²) in [6.45, 7) is 0.763. The largest absolute Gasteiger partial charge is 0.390 e. The third-order valence-corrected chi connectivity index (χ3v) is 6.69. The first-order valence-corrected chi connectivity index (χ1v) is 9.53. The number of nitrogens with zero attached hydrogens (tertiary/aromatic N) is 1. The molecule has 26 heavy (non-hydrogen) atoms. The smallest absolute Gasteiger partial charge is 0.237 e. The number of hydrogen-bond acceptors (Lipinski definition) is 4. The number of carbonyl (C=O) groups excluding carboxylic acids is 2. The number of aliphatic hydroxyl groups is 2. The monoisotopic (exact) mass is 398 g/mol. The van der Waals surface area contributed by atoms with Gasteiger partial charge in [-0.05, 0) is 43.4 Å². The number of anilines is 1. The fraction of sp³-hybridized carbons (Fsp3) is 0.556. The molecule has 0 unspecified atom stereocenters. The van der Waals surface area contributed by atoms with Crippen molar-refractivity contribution in [3.05, 3.63) is 27.7 Å². The summed E-state index contributed by atoms with van der Waals surface area (Å²) in [5.74, 6) is -0.518. The van der Waals surface area contributed by atoms with E-state index in [4.69, 9.17) is 23.2 Å². The number of nitrogens with one attached hydrogen (secondary N) is 1. The maximum absolute atomic E-state index is 12.9. The molecule has 2 amide bonds. The summed E-state index contributed by atoms with van der Waals surface area (Å²) in [6.07, 6.45) is 0.106. The van der Waals surface area contributed by atoms with Gasteiger partial charge in [0.25, 0.3) is 0 Å². The van der Waals surface area contributed by atoms with Gasteiger partial charge in [-0.3, -0.25) is 9.59 Å². The molecular weight excluding hydrogens is 379 g/mol. The van der Waals surface area contributed by atoms with E-state index in [1.54, 1.807) is 17.0 Å². The van der Waals surface area contributed by atoms with Crippen molar-refractivity contribution < 1.29 is 19.8 Å². The second kappa shape index (κ2) is 6.37. The maximum Gasteiger partial charge on any atom is 0.237 e. The van der Waals surface area contributed by atoms with Crippen LogP contribution in [-0.2, 0) is 15.0 Å². The maximum atomic E-state index is 12.9. The molecule has 8 heteroatoms. The lowest BCUT2D eigenvalue weighted by Crippen LogP contribution is -2.44. The zero-order valence-corrected chi connectivity index (χ0v) is 15.6. The van der Waals surface area contributed by atoms with Crippen molar-refractivity contribution in [2.45, 2.75) is 43.3 Å². The Kier molecular flexibility index (Phi) is 4.42. The third kappa shape index (κ3) is 2.71. The van der Waals surface area contributed by atoms with E-state index in [2.05, 4.69) is 5.32 Å². The first kappa shape index (κ1) is 18.0. The number of halogens is 2. The highest BCUT2D eigenvalue weighted by Gasteiger charge is 2.53. The quantitative estimate of drug-likeness (QED) is 0.674. The molecular formula is C18H20Cl2N2O4. The van der Waals surface area contributed by atoms with Gasteiger partial charge in [-0.15, -0.1) is 0 Å². The number of benzene rings is 1. The molecule has 1 spiro atoms. The van der Waals surface area contributed by atoms with E-state index in [1.807, 2.05) is 0 Å². The lowest BCUT2D eigenvalue weighted by atomic mass is 9.80. The molecule has 1 aromatic carbocycles. The van der Waals surface area contributed by atoms with E-state index < -0.39 is 17.6 Å². The Morgan fingerprint density at radius 1 is 1.19 bits per heavy atom. The molecule has 1 saturated carbocycles. The van der Waals surface area contributed by atoms with Gasteiger partial charge in [0, 0.05) is 24.7 Å². The third-order valence-electron chi connectivity index (χ3n) is 5.97. The zero-order valence-electron chi connectivity index (χ0n) is 14.0. The molecule has 1 saturated heterocycles. The van der Waals surface area contributed by atoms with Crippen LogP contribution in [0.1, 0.15) is 31.2 Å². The van der Waals surface area contributed by atoms with Crippen molar-refractivity contribution >= 4 is 40.7 Å². The van der Waals surface area contributed by atoms with Crippen LogP contribution in [0, 0.1) is 5.92 Å². The topological polar surface area (TPSA) is 89.9 Å². The number of hydrogen-bond donors (Lipinski definition) is 3. The summed E-state index contributed by atoms with van der Waals surface area (Å²) in [5, 5.41) is 23.1. The van der Waals surface area contributed by atoms with Gasteiger partial charge in [0.05, 0.1) is 27.7 Å². The molecule has 0 bridgehead atoms. The first-order chi connectivity index (χ1) is 12.3. The molecule has 2 heterocycles. The van der Waals surface area contributed by atoms with Crippen LogP contribution in [0.5, 0.6) is 0 Å². The van der Waals surface area contributed by atoms with E-state index in [0.29, 0.717) is 41.5 Å². The van der Waals surface area contributed by atoms with Crippen LogP contribution in [0.15, 0.2) is 12.1 Å². The first-order valence-electron chi connectivity index (χ1n) is 8.78. The van der Waals surface area contributed by atoms with E-state index in [0.717, 1.165) is 5.56 Å². The molecule has 1 aliphatic carbocycles. The van der Waals surface area contributed by atoms with E-state index in [-0.39, 0.29) is 30.7 Å². The predicted octanol–water partition coefficient (Wildman–Crippen LogP) is 1.94. The average molecular weight is 399 g/mol. The number of carbonyl (C=O) groups is 2. The lowest BCUT2D eigenvalue weighted by molar-refractivity contribution is -0.139. The summed E-state index contributed by atoms with van der Waals surface area (Å²) >= 11 is 12.2. The van der Waals surface area contributed by atoms with Crippen LogP contribution in [0.4, 0.5) is 5.69 Å². The number of rotatable bonds is 1. The highest BCUT2D eigenvalue weighted by molar-refractivity contribution is 6.42. The minimum atomic E-state index is -0.870. The SMILES string of the molecule is O=C([C@H]1CC[C@H](O)[C@@H](O)C1)N1CC[C@]2(C1)C(=O)Nc1cc(Cl)c(Cl)cc12. The second-order valence-corrected chi connectivity index (χ2v) is 8.32. The Bertz CT molecular complexity index is 787. The van der Waals surface area contributed by atoms with Gasteiger partial charge in [-0.1, -0.05) is 23.2 Å². The van der Waals surface area contributed by atoms with Gasteiger partial charge < -0.3 is 20.4 Å². The fourth-order valence-electron chi connectivity index (χ4n) is 4.43. The summed E-state index contributed by atoms with van der Waals surface area (Å²) < 4.78 is 0. The molecule has 2 aliphatic heterocycles. The summed E-state index contributed by atoms with van der Waals surface area (Å²) in [7, 11) is 0. The highest BCUT2D eigenvalue weighted by atomic mass is 35.5. The van der Waals surface area contributed by atoms with Crippen molar-refractivity contribution in [1.82, 2.24) is 4.90 Å². The normalized spacial score (nSPS) is 33.5. The highest BCUT2D eigenvalue weighted by Crippen LogP contribution is 2.47. The van der Waals surface area contributed by atoms with Gasteiger partial charge >= 0.3 is 0 Å². The fourth-order valence-corrected chi connectivity index (χ4v) is 4.75. The van der Waals surface area contributed by atoms with Crippen molar-refractivity contribution in [2.24, 2.45) is 5.92 Å². The Morgan fingerprint density at radius 3 is 2.65 bits per heavy atom. The number of likely N-dealkylation sites (tertiary alicyclic amines) is 1. The van der Waals surface area contributed by atoms with Gasteiger partial charge in [0.2, 0.25) is 11.8 Å². The summed E-state index contributed by atoms with van der Waals surface area (Å²) in [6, 6.07) is 3.36. The summed E-state index contributed by atoms with van der Waals surface area (Å²) in [4.78, 5) is 27.3. The predicted molar refractivity (Wildman–Crippen MR) is 97.3 cm³/mol. The van der Waals surface area contributed by atoms with Crippen molar-refractivity contribution in [1.29, 1.82) is 0 Å². The average Bonchev–Trinajstić information content (AvgIpc) is 3.15. The second-order valence-electron chi connectivity index (χ2n) is 7.50. The number of fused-ring (bicyclic) bond motifs is 2. The van der Waals surface area contributed by atoms with Crippen LogP contribution in [0.2, 0.25) is 10.0 Å². The Labute approximate surface area is 161 Å². The van der Waals surface area contributed by atoms with Gasteiger partial charge in [0.1, 0.15) is 0 Å². The van der Waals surface area contributed by atoms with Gasteiger partial charge in [0.15, 0.2) is 0 Å². The Balaban J connectivity index is 1.56. The summed E-state index contributed by atoms with van der Waals surface area (Å²) in [5.41, 5.74) is 0.632. The van der Waals surface area contributed by atoms with Crippen molar-refractivity contribution in [3.8, 4) is 0 Å². The van der Waals surface area contributed by atoms with Gasteiger partial charge in [-0.2, -0.15) is 0 Å². The van der Waals surface area contributed by atoms with Crippen LogP contribution in [0.3, 0.4) is 0 Å². The zero-order chi connectivity index (χ0) is 18.6. The standard InChI is InChI=1S/C18H20Cl2N2O4/c19-11-6-10-13(7-12(11)20)21-17(26)18(10)3-4-22(8-18)16(25)9-1-2-14(23)15(24)5-9/h6-7,9,14-15,23-24H,1-5,8H2,(H,21,26)/t9-,14-,15-,18+/m0/s1.